The van der Waals surface area contributed by atoms with Crippen molar-refractivity contribution in [1.82, 2.24) is 9.47 Å². The zero-order chi connectivity index (χ0) is 18.7. The number of nitriles is 2. The molecular formula is C20H16N4O2. The van der Waals surface area contributed by atoms with Gasteiger partial charge >= 0.3 is 0 Å². The van der Waals surface area contributed by atoms with Crippen molar-refractivity contribution in [2.24, 2.45) is 0 Å². The summed E-state index contributed by atoms with van der Waals surface area (Å²) in [7, 11) is 1.66. The number of hydrogen-bond donors (Lipinski definition) is 0. The van der Waals surface area contributed by atoms with E-state index < -0.39 is 0 Å². The molecule has 0 bridgehead atoms. The highest BCUT2D eigenvalue weighted by atomic mass is 16.4. The number of benzene rings is 1. The molecule has 26 heavy (non-hydrogen) atoms. The van der Waals surface area contributed by atoms with Crippen molar-refractivity contribution in [2.45, 2.75) is 13.5 Å². The minimum atomic E-state index is -0.302. The number of hydrogen-bond acceptors (Lipinski definition) is 4. The molecule has 6 nitrogen and oxygen atoms in total. The number of aryl methyl sites for hydroxylation is 1. The zero-order valence-corrected chi connectivity index (χ0v) is 14.4. The second-order valence-corrected chi connectivity index (χ2v) is 5.89. The quantitative estimate of drug-likeness (QED) is 0.726. The maximum Gasteiger partial charge on any atom is 0.258 e. The van der Waals surface area contributed by atoms with Gasteiger partial charge in [-0.1, -0.05) is 12.1 Å². The maximum atomic E-state index is 12.9. The summed E-state index contributed by atoms with van der Waals surface area (Å²) in [5, 5.41) is 18.6. The van der Waals surface area contributed by atoms with E-state index in [0.29, 0.717) is 23.8 Å². The first-order chi connectivity index (χ1) is 12.5. The first-order valence-electron chi connectivity index (χ1n) is 7.96. The third kappa shape index (κ3) is 3.09. The number of amides is 1. The van der Waals surface area contributed by atoms with Crippen LogP contribution in [0, 0.1) is 29.6 Å². The Balaban J connectivity index is 1.92. The van der Waals surface area contributed by atoms with Crippen LogP contribution in [0.25, 0.3) is 5.88 Å². The van der Waals surface area contributed by atoms with E-state index in [0.717, 1.165) is 5.56 Å². The molecule has 6 heteroatoms. The predicted molar refractivity (Wildman–Crippen MR) is 94.4 cm³/mol. The molecule has 0 spiro atoms. The summed E-state index contributed by atoms with van der Waals surface area (Å²) in [5.41, 5.74) is 1.84. The van der Waals surface area contributed by atoms with Gasteiger partial charge in [-0.25, -0.2) is 0 Å². The van der Waals surface area contributed by atoms with E-state index >= 15 is 0 Å². The van der Waals surface area contributed by atoms with Crippen LogP contribution in [-0.2, 0) is 6.54 Å². The molecule has 0 atom stereocenters. The molecule has 0 radical (unpaired) electrons. The summed E-state index contributed by atoms with van der Waals surface area (Å²) >= 11 is 0. The summed E-state index contributed by atoms with van der Waals surface area (Å²) in [4.78, 5) is 14.4. The molecule has 0 saturated carbocycles. The lowest BCUT2D eigenvalue weighted by atomic mass is 10.1. The van der Waals surface area contributed by atoms with Crippen molar-refractivity contribution in [3.05, 3.63) is 76.8 Å². The van der Waals surface area contributed by atoms with Crippen molar-refractivity contribution in [3.8, 4) is 18.0 Å². The van der Waals surface area contributed by atoms with Crippen LogP contribution in [-0.4, -0.2) is 22.4 Å². The molecule has 3 aromatic rings. The van der Waals surface area contributed by atoms with Crippen LogP contribution >= 0.6 is 0 Å². The topological polar surface area (TPSA) is 86.0 Å². The van der Waals surface area contributed by atoms with Crippen molar-refractivity contribution < 1.29 is 9.21 Å². The van der Waals surface area contributed by atoms with Crippen LogP contribution in [0.3, 0.4) is 0 Å². The van der Waals surface area contributed by atoms with Crippen molar-refractivity contribution in [1.29, 1.82) is 10.5 Å². The molecule has 0 saturated heterocycles. The molecule has 1 aromatic carbocycles. The van der Waals surface area contributed by atoms with E-state index in [9.17, 15) is 10.1 Å². The molecule has 0 aliphatic carbocycles. The average molecular weight is 344 g/mol. The SMILES string of the molecule is Cc1oc(-n2cccc2)c(C#N)c1C(=O)N(C)Cc1cccc(C#N)c1. The standard InChI is InChI=1S/C20H16N4O2/c1-14-18(17(12-22)20(26-14)24-8-3-4-9-24)19(25)23(2)13-16-7-5-6-15(10-16)11-21/h3-10H,13H2,1-2H3. The van der Waals surface area contributed by atoms with Gasteiger partial charge in [0.1, 0.15) is 23.0 Å². The predicted octanol–water partition coefficient (Wildman–Crippen LogP) is 3.39. The third-order valence-electron chi connectivity index (χ3n) is 4.05. The van der Waals surface area contributed by atoms with E-state index in [1.165, 1.54) is 4.90 Å². The van der Waals surface area contributed by atoms with E-state index in [2.05, 4.69) is 12.1 Å². The molecule has 0 N–H and O–H groups in total. The summed E-state index contributed by atoms with van der Waals surface area (Å²) in [6.07, 6.45) is 3.51. The minimum Gasteiger partial charge on any atom is -0.443 e. The van der Waals surface area contributed by atoms with Crippen LogP contribution in [0.5, 0.6) is 0 Å². The molecule has 0 unspecified atom stereocenters. The van der Waals surface area contributed by atoms with Gasteiger partial charge in [-0.05, 0) is 36.8 Å². The van der Waals surface area contributed by atoms with E-state index in [1.54, 1.807) is 49.1 Å². The molecule has 128 valence electrons. The fraction of sp³-hybridized carbons (Fsp3) is 0.150. The monoisotopic (exact) mass is 344 g/mol. The molecular weight excluding hydrogens is 328 g/mol. The Morgan fingerprint density at radius 3 is 2.58 bits per heavy atom. The number of carbonyl (C=O) groups is 1. The molecule has 3 rings (SSSR count). The molecule has 2 aromatic heterocycles. The Morgan fingerprint density at radius 2 is 1.92 bits per heavy atom. The largest absolute Gasteiger partial charge is 0.443 e. The molecule has 0 aliphatic heterocycles. The van der Waals surface area contributed by atoms with Gasteiger partial charge in [-0.15, -0.1) is 0 Å². The first kappa shape index (κ1) is 17.1. The number of furan rings is 1. The number of rotatable bonds is 4. The third-order valence-corrected chi connectivity index (χ3v) is 4.05. The Hall–Kier alpha value is -3.77. The van der Waals surface area contributed by atoms with E-state index in [1.807, 2.05) is 18.2 Å². The number of carbonyl (C=O) groups excluding carboxylic acids is 1. The average Bonchev–Trinajstić information content (AvgIpc) is 3.28. The summed E-state index contributed by atoms with van der Waals surface area (Å²) in [6.45, 7) is 1.99. The summed E-state index contributed by atoms with van der Waals surface area (Å²) in [6, 6.07) is 14.9. The van der Waals surface area contributed by atoms with Crippen LogP contribution in [0.1, 0.15) is 32.8 Å². The van der Waals surface area contributed by atoms with Gasteiger partial charge in [0.25, 0.3) is 5.91 Å². The van der Waals surface area contributed by atoms with Crippen molar-refractivity contribution in [2.75, 3.05) is 7.05 Å². The molecule has 2 heterocycles. The number of nitrogens with zero attached hydrogens (tertiary/aromatic N) is 4. The zero-order valence-electron chi connectivity index (χ0n) is 14.4. The lowest BCUT2D eigenvalue weighted by Crippen LogP contribution is -2.27. The van der Waals surface area contributed by atoms with Crippen molar-refractivity contribution >= 4 is 5.91 Å². The normalized spacial score (nSPS) is 10.2. The Labute approximate surface area is 151 Å². The van der Waals surface area contributed by atoms with Crippen LogP contribution in [0.4, 0.5) is 0 Å². The highest BCUT2D eigenvalue weighted by molar-refractivity contribution is 5.98. The molecule has 1 amide bonds. The summed E-state index contributed by atoms with van der Waals surface area (Å²) in [5.74, 6) is 0.426. The van der Waals surface area contributed by atoms with Gasteiger partial charge in [0.2, 0.25) is 5.88 Å². The van der Waals surface area contributed by atoms with Crippen LogP contribution in [0.2, 0.25) is 0 Å². The highest BCUT2D eigenvalue weighted by Gasteiger charge is 2.26. The Kier molecular flexibility index (Phi) is 4.59. The van der Waals surface area contributed by atoms with Gasteiger partial charge in [0.05, 0.1) is 11.6 Å². The highest BCUT2D eigenvalue weighted by Crippen LogP contribution is 2.26. The smallest absolute Gasteiger partial charge is 0.258 e. The first-order valence-corrected chi connectivity index (χ1v) is 7.96. The van der Waals surface area contributed by atoms with Gasteiger partial charge < -0.3 is 9.32 Å². The fourth-order valence-electron chi connectivity index (χ4n) is 2.82. The maximum absolute atomic E-state index is 12.9. The number of aromatic nitrogens is 1. The second-order valence-electron chi connectivity index (χ2n) is 5.89. The van der Waals surface area contributed by atoms with Gasteiger partial charge in [0.15, 0.2) is 0 Å². The van der Waals surface area contributed by atoms with E-state index in [-0.39, 0.29) is 17.0 Å². The molecule has 0 fully saturated rings. The fourth-order valence-corrected chi connectivity index (χ4v) is 2.82. The lowest BCUT2D eigenvalue weighted by molar-refractivity contribution is 0.0783. The molecule has 0 aliphatic rings. The van der Waals surface area contributed by atoms with Crippen LogP contribution in [0.15, 0.2) is 53.2 Å². The van der Waals surface area contributed by atoms with E-state index in [4.69, 9.17) is 9.68 Å². The lowest BCUT2D eigenvalue weighted by Gasteiger charge is -2.17. The Bertz CT molecular complexity index is 1030. The van der Waals surface area contributed by atoms with Gasteiger partial charge in [-0.3, -0.25) is 9.36 Å². The van der Waals surface area contributed by atoms with Crippen LogP contribution < -0.4 is 0 Å². The second kappa shape index (κ2) is 7.00. The van der Waals surface area contributed by atoms with Crippen molar-refractivity contribution in [3.63, 3.8) is 0 Å². The summed E-state index contributed by atoms with van der Waals surface area (Å²) < 4.78 is 7.35. The van der Waals surface area contributed by atoms with Gasteiger partial charge in [-0.2, -0.15) is 10.5 Å². The van der Waals surface area contributed by atoms with Gasteiger partial charge in [0, 0.05) is 26.0 Å². The minimum absolute atomic E-state index is 0.210. The Morgan fingerprint density at radius 1 is 1.19 bits per heavy atom.